The van der Waals surface area contributed by atoms with E-state index >= 15 is 0 Å². The molecule has 0 spiro atoms. The van der Waals surface area contributed by atoms with Crippen LogP contribution in [0.15, 0.2) is 71.9 Å². The molecule has 8 nitrogen and oxygen atoms in total. The van der Waals surface area contributed by atoms with Crippen LogP contribution in [0, 0.1) is 5.92 Å². The Morgan fingerprint density at radius 1 is 1.02 bits per heavy atom. The van der Waals surface area contributed by atoms with Crippen molar-refractivity contribution in [1.29, 1.82) is 0 Å². The summed E-state index contributed by atoms with van der Waals surface area (Å²) >= 11 is 0. The number of carbonyl (C=O) groups excluding carboxylic acids is 1. The molecule has 1 aromatic heterocycles. The molecule has 1 aliphatic heterocycles. The van der Waals surface area contributed by atoms with Gasteiger partial charge in [0.1, 0.15) is 0 Å². The normalized spacial score (nSPS) is 25.6. The monoisotopic (exact) mass is 562 g/mol. The Kier molecular flexibility index (Phi) is 7.54. The van der Waals surface area contributed by atoms with Crippen molar-refractivity contribution in [3.8, 4) is 11.3 Å². The van der Waals surface area contributed by atoms with Gasteiger partial charge >= 0.3 is 0 Å². The summed E-state index contributed by atoms with van der Waals surface area (Å²) in [7, 11) is -3.60. The maximum absolute atomic E-state index is 14.2. The van der Waals surface area contributed by atoms with E-state index in [1.807, 2.05) is 34.9 Å². The molecule has 3 atom stereocenters. The zero-order valence-electron chi connectivity index (χ0n) is 22.8. The quantitative estimate of drug-likeness (QED) is 0.429. The number of amides is 1. The molecule has 1 amide bonds. The Balaban J connectivity index is 1.36. The van der Waals surface area contributed by atoms with Crippen molar-refractivity contribution in [3.05, 3.63) is 72.7 Å². The molecule has 0 radical (unpaired) electrons. The Labute approximate surface area is 236 Å². The van der Waals surface area contributed by atoms with Gasteiger partial charge in [0.05, 0.1) is 40.4 Å². The van der Waals surface area contributed by atoms with E-state index < -0.39 is 21.5 Å². The molecule has 6 rings (SSSR count). The Bertz CT molecular complexity index is 1440. The van der Waals surface area contributed by atoms with E-state index in [1.54, 1.807) is 41.6 Å². The first-order valence-corrected chi connectivity index (χ1v) is 16.1. The highest BCUT2D eigenvalue weighted by molar-refractivity contribution is 7.91. The second-order valence-electron chi connectivity index (χ2n) is 11.7. The summed E-state index contributed by atoms with van der Waals surface area (Å²) in [6.45, 7) is 1.37. The third-order valence-electron chi connectivity index (χ3n) is 8.80. The number of carbonyl (C=O) groups is 1. The maximum atomic E-state index is 14.2. The lowest BCUT2D eigenvalue weighted by Crippen LogP contribution is -2.56. The van der Waals surface area contributed by atoms with Crippen molar-refractivity contribution in [3.63, 3.8) is 0 Å². The summed E-state index contributed by atoms with van der Waals surface area (Å²) in [5, 5.41) is 15.2. The second-order valence-corrected chi connectivity index (χ2v) is 13.7. The smallest absolute Gasteiger partial charge is 0.275 e. The number of sulfone groups is 1. The van der Waals surface area contributed by atoms with E-state index in [1.165, 1.54) is 12.8 Å². The van der Waals surface area contributed by atoms with Crippen LogP contribution in [0.25, 0.3) is 11.3 Å². The summed E-state index contributed by atoms with van der Waals surface area (Å²) in [6.07, 6.45) is 8.45. The summed E-state index contributed by atoms with van der Waals surface area (Å²) in [5.74, 6) is 0.137. The van der Waals surface area contributed by atoms with E-state index in [2.05, 4.69) is 10.3 Å². The van der Waals surface area contributed by atoms with Crippen LogP contribution in [-0.4, -0.2) is 70.9 Å². The lowest BCUT2D eigenvalue weighted by molar-refractivity contribution is -0.0518. The lowest BCUT2D eigenvalue weighted by Gasteiger charge is -2.42. The molecule has 3 aromatic rings. The van der Waals surface area contributed by atoms with Gasteiger partial charge in [-0.25, -0.2) is 13.4 Å². The number of piperazine rings is 1. The third-order valence-corrected chi connectivity index (χ3v) is 10.6. The SMILES string of the molecule is O=C(c1ncn([C@@H]2CCCC[C@@]2(O)CC2CC2)c1-c1ccccc1)N1CCNC[C@H]1CS(=O)(=O)c1ccccc1. The second kappa shape index (κ2) is 11.1. The fourth-order valence-corrected chi connectivity index (χ4v) is 8.16. The molecule has 2 saturated carbocycles. The summed E-state index contributed by atoms with van der Waals surface area (Å²) < 4.78 is 28.6. The number of benzene rings is 2. The van der Waals surface area contributed by atoms with Gasteiger partial charge in [-0.15, -0.1) is 0 Å². The van der Waals surface area contributed by atoms with Crippen molar-refractivity contribution >= 4 is 15.7 Å². The van der Waals surface area contributed by atoms with E-state index in [0.717, 1.165) is 37.7 Å². The van der Waals surface area contributed by atoms with Gasteiger partial charge < -0.3 is 19.9 Å². The standard InChI is InChI=1S/C31H38N4O4S/c36-30(34-18-17-32-20-25(34)21-40(38,39)26-11-5-2-6-12-26)28-29(24-9-3-1-4-10-24)35(22-33-28)27-13-7-8-16-31(27,37)19-23-14-15-23/h1-6,9-12,22-23,25,27,32,37H,7-8,13-21H2/t25-,27+,31+/m0/s1. The van der Waals surface area contributed by atoms with Gasteiger partial charge in [-0.2, -0.15) is 0 Å². The van der Waals surface area contributed by atoms with Crippen LogP contribution < -0.4 is 5.32 Å². The number of nitrogens with zero attached hydrogens (tertiary/aromatic N) is 3. The summed E-state index contributed by atoms with van der Waals surface area (Å²) in [4.78, 5) is 20.9. The third kappa shape index (κ3) is 5.47. The largest absolute Gasteiger partial charge is 0.388 e. The fourth-order valence-electron chi connectivity index (χ4n) is 6.59. The predicted octanol–water partition coefficient (Wildman–Crippen LogP) is 4.08. The van der Waals surface area contributed by atoms with Gasteiger partial charge in [-0.1, -0.05) is 74.2 Å². The van der Waals surface area contributed by atoms with Gasteiger partial charge in [-0.3, -0.25) is 4.79 Å². The van der Waals surface area contributed by atoms with Crippen LogP contribution in [0.5, 0.6) is 0 Å². The highest BCUT2D eigenvalue weighted by atomic mass is 32.2. The van der Waals surface area contributed by atoms with Crippen molar-refractivity contribution in [2.45, 2.75) is 67.5 Å². The highest BCUT2D eigenvalue weighted by Crippen LogP contribution is 2.48. The number of hydrogen-bond acceptors (Lipinski definition) is 6. The highest BCUT2D eigenvalue weighted by Gasteiger charge is 2.45. The molecule has 0 unspecified atom stereocenters. The molecular weight excluding hydrogens is 524 g/mol. The summed E-state index contributed by atoms with van der Waals surface area (Å²) in [5.41, 5.74) is 1.06. The topological polar surface area (TPSA) is 105 Å². The number of nitrogens with one attached hydrogen (secondary N) is 1. The molecule has 2 aliphatic carbocycles. The molecule has 2 aromatic carbocycles. The molecule has 2 N–H and O–H groups in total. The lowest BCUT2D eigenvalue weighted by atomic mass is 9.76. The minimum absolute atomic E-state index is 0.164. The molecule has 3 aliphatic rings. The van der Waals surface area contributed by atoms with Crippen LogP contribution in [-0.2, 0) is 9.84 Å². The Morgan fingerprint density at radius 3 is 2.48 bits per heavy atom. The first kappa shape index (κ1) is 27.2. The average Bonchev–Trinajstić information content (AvgIpc) is 3.67. The zero-order valence-corrected chi connectivity index (χ0v) is 23.6. The van der Waals surface area contributed by atoms with E-state index in [0.29, 0.717) is 36.9 Å². The van der Waals surface area contributed by atoms with Gasteiger partial charge in [0.15, 0.2) is 15.5 Å². The molecule has 3 fully saturated rings. The van der Waals surface area contributed by atoms with Crippen LogP contribution in [0.3, 0.4) is 0 Å². The van der Waals surface area contributed by atoms with Crippen LogP contribution in [0.1, 0.15) is 61.5 Å². The molecule has 0 bridgehead atoms. The van der Waals surface area contributed by atoms with Gasteiger partial charge in [0, 0.05) is 25.2 Å². The number of aliphatic hydroxyl groups is 1. The average molecular weight is 563 g/mol. The number of rotatable bonds is 8. The van der Waals surface area contributed by atoms with Gasteiger partial charge in [0.25, 0.3) is 5.91 Å². The molecule has 1 saturated heterocycles. The fraction of sp³-hybridized carbons (Fsp3) is 0.484. The van der Waals surface area contributed by atoms with E-state index in [9.17, 15) is 18.3 Å². The Hall–Kier alpha value is -3.01. The van der Waals surface area contributed by atoms with E-state index in [-0.39, 0.29) is 22.6 Å². The predicted molar refractivity (Wildman–Crippen MR) is 154 cm³/mol. The first-order chi connectivity index (χ1) is 19.4. The minimum Gasteiger partial charge on any atom is -0.388 e. The molecule has 2 heterocycles. The van der Waals surface area contributed by atoms with Crippen molar-refractivity contribution < 1.29 is 18.3 Å². The van der Waals surface area contributed by atoms with Crippen LogP contribution in [0.4, 0.5) is 0 Å². The molecular formula is C31H38N4O4S. The molecule has 212 valence electrons. The number of hydrogen-bond donors (Lipinski definition) is 2. The maximum Gasteiger partial charge on any atom is 0.275 e. The summed E-state index contributed by atoms with van der Waals surface area (Å²) in [6, 6.07) is 17.5. The van der Waals surface area contributed by atoms with Crippen molar-refractivity contribution in [2.75, 3.05) is 25.4 Å². The molecule has 40 heavy (non-hydrogen) atoms. The van der Waals surface area contributed by atoms with Gasteiger partial charge in [0.2, 0.25) is 0 Å². The van der Waals surface area contributed by atoms with Crippen molar-refractivity contribution in [1.82, 2.24) is 19.8 Å². The first-order valence-electron chi connectivity index (χ1n) is 14.5. The van der Waals surface area contributed by atoms with Crippen molar-refractivity contribution in [2.24, 2.45) is 5.92 Å². The van der Waals surface area contributed by atoms with Gasteiger partial charge in [-0.05, 0) is 37.3 Å². The molecule has 9 heteroatoms. The Morgan fingerprint density at radius 2 is 1.75 bits per heavy atom. The van der Waals surface area contributed by atoms with Crippen LogP contribution in [0.2, 0.25) is 0 Å². The van der Waals surface area contributed by atoms with Crippen LogP contribution >= 0.6 is 0 Å². The zero-order chi connectivity index (χ0) is 27.7. The minimum atomic E-state index is -3.60. The number of aromatic nitrogens is 2. The van der Waals surface area contributed by atoms with E-state index in [4.69, 9.17) is 0 Å². The number of imidazole rings is 1.